The zero-order chi connectivity index (χ0) is 10.8. The number of nitrogens with two attached hydrogens (primary N) is 1. The van der Waals surface area contributed by atoms with Gasteiger partial charge in [0.2, 0.25) is 0 Å². The van der Waals surface area contributed by atoms with Crippen LogP contribution in [0.3, 0.4) is 0 Å². The molecule has 1 heterocycles. The predicted octanol–water partition coefficient (Wildman–Crippen LogP) is 1.29. The number of ether oxygens (including phenoxy) is 1. The molecule has 3 N–H and O–H groups in total. The number of hydrogen-bond donors (Lipinski definition) is 2. The van der Waals surface area contributed by atoms with Crippen molar-refractivity contribution in [2.75, 3.05) is 6.54 Å². The average molecular weight is 201 g/mol. The molecule has 0 amide bonds. The van der Waals surface area contributed by atoms with E-state index in [9.17, 15) is 5.11 Å². The fourth-order valence-electron chi connectivity index (χ4n) is 1.98. The molecule has 3 nitrogen and oxygen atoms in total. The maximum absolute atomic E-state index is 9.66. The zero-order valence-electron chi connectivity index (χ0n) is 9.49. The van der Waals surface area contributed by atoms with Gasteiger partial charge < -0.3 is 15.6 Å². The Balaban J connectivity index is 2.48. The van der Waals surface area contributed by atoms with Crippen molar-refractivity contribution in [3.05, 3.63) is 0 Å². The molecule has 1 rings (SSSR count). The normalized spacial score (nSPS) is 34.1. The number of hydrogen-bond acceptors (Lipinski definition) is 3. The molecule has 0 aliphatic carbocycles. The van der Waals surface area contributed by atoms with E-state index in [1.807, 2.05) is 13.8 Å². The molecule has 0 aromatic carbocycles. The molecule has 0 spiro atoms. The molecule has 1 saturated heterocycles. The van der Waals surface area contributed by atoms with Crippen molar-refractivity contribution in [3.8, 4) is 0 Å². The van der Waals surface area contributed by atoms with Crippen molar-refractivity contribution in [3.63, 3.8) is 0 Å². The van der Waals surface area contributed by atoms with Crippen molar-refractivity contribution in [1.82, 2.24) is 0 Å². The highest BCUT2D eigenvalue weighted by atomic mass is 16.5. The van der Waals surface area contributed by atoms with Crippen LogP contribution in [0.15, 0.2) is 0 Å². The highest BCUT2D eigenvalue weighted by molar-refractivity contribution is 4.86. The van der Waals surface area contributed by atoms with Gasteiger partial charge in [0.25, 0.3) is 0 Å². The van der Waals surface area contributed by atoms with Gasteiger partial charge in [0.15, 0.2) is 0 Å². The highest BCUT2D eigenvalue weighted by Crippen LogP contribution is 2.32. The summed E-state index contributed by atoms with van der Waals surface area (Å²) in [5, 5.41) is 9.66. The topological polar surface area (TPSA) is 55.5 Å². The molecular weight excluding hydrogens is 178 g/mol. The van der Waals surface area contributed by atoms with Crippen LogP contribution in [-0.2, 0) is 4.74 Å². The number of aliphatic hydroxyl groups excluding tert-OH is 1. The fourth-order valence-corrected chi connectivity index (χ4v) is 1.98. The molecule has 84 valence electrons. The second kappa shape index (κ2) is 4.60. The third kappa shape index (κ3) is 2.69. The predicted molar refractivity (Wildman–Crippen MR) is 57.0 cm³/mol. The van der Waals surface area contributed by atoms with Crippen LogP contribution in [0.4, 0.5) is 0 Å². The second-order valence-electron chi connectivity index (χ2n) is 4.88. The van der Waals surface area contributed by atoms with Crippen LogP contribution < -0.4 is 5.73 Å². The summed E-state index contributed by atoms with van der Waals surface area (Å²) in [4.78, 5) is 0. The third-order valence-electron chi connectivity index (χ3n) is 3.49. The molecule has 0 aromatic heterocycles. The van der Waals surface area contributed by atoms with Crippen LogP contribution in [-0.4, -0.2) is 30.0 Å². The first kappa shape index (κ1) is 12.0. The zero-order valence-corrected chi connectivity index (χ0v) is 9.49. The third-order valence-corrected chi connectivity index (χ3v) is 3.49. The first-order valence-corrected chi connectivity index (χ1v) is 5.51. The van der Waals surface area contributed by atoms with Crippen LogP contribution >= 0.6 is 0 Å². The monoisotopic (exact) mass is 201 g/mol. The summed E-state index contributed by atoms with van der Waals surface area (Å²) in [5.41, 5.74) is 5.51. The van der Waals surface area contributed by atoms with E-state index >= 15 is 0 Å². The molecule has 4 unspecified atom stereocenters. The van der Waals surface area contributed by atoms with E-state index < -0.39 is 0 Å². The Morgan fingerprint density at radius 3 is 2.57 bits per heavy atom. The summed E-state index contributed by atoms with van der Waals surface area (Å²) >= 11 is 0. The van der Waals surface area contributed by atoms with Crippen molar-refractivity contribution in [2.45, 2.75) is 58.3 Å². The van der Waals surface area contributed by atoms with E-state index in [0.29, 0.717) is 12.6 Å². The van der Waals surface area contributed by atoms with E-state index in [1.165, 1.54) is 0 Å². The minimum Gasteiger partial charge on any atom is -0.393 e. The summed E-state index contributed by atoms with van der Waals surface area (Å²) in [7, 11) is 0. The Kier molecular flexibility index (Phi) is 3.93. The van der Waals surface area contributed by atoms with Gasteiger partial charge in [0.1, 0.15) is 0 Å². The van der Waals surface area contributed by atoms with Crippen molar-refractivity contribution in [1.29, 1.82) is 0 Å². The molecule has 0 aromatic rings. The quantitative estimate of drug-likeness (QED) is 0.720. The van der Waals surface area contributed by atoms with E-state index in [0.717, 1.165) is 19.3 Å². The molecule has 0 radical (unpaired) electrons. The smallest absolute Gasteiger partial charge is 0.0586 e. The average Bonchev–Trinajstić information content (AvgIpc) is 2.50. The summed E-state index contributed by atoms with van der Waals surface area (Å²) < 4.78 is 5.74. The molecule has 14 heavy (non-hydrogen) atoms. The van der Waals surface area contributed by atoms with Gasteiger partial charge >= 0.3 is 0 Å². The lowest BCUT2D eigenvalue weighted by Crippen LogP contribution is -2.40. The van der Waals surface area contributed by atoms with Gasteiger partial charge in [-0.15, -0.1) is 0 Å². The van der Waals surface area contributed by atoms with E-state index in [4.69, 9.17) is 10.5 Å². The molecular formula is C11H23NO2. The van der Waals surface area contributed by atoms with E-state index in [-0.39, 0.29) is 17.6 Å². The first-order chi connectivity index (χ1) is 6.48. The summed E-state index contributed by atoms with van der Waals surface area (Å²) in [6.45, 7) is 6.45. The maximum Gasteiger partial charge on any atom is 0.0586 e. The van der Waals surface area contributed by atoms with Crippen molar-refractivity contribution < 1.29 is 9.84 Å². The Labute approximate surface area is 86.6 Å². The summed E-state index contributed by atoms with van der Waals surface area (Å²) in [6.07, 6.45) is 3.39. The first-order valence-electron chi connectivity index (χ1n) is 5.51. The standard InChI is InChI=1S/C11H23NO2/c1-8-4-5-10(14-8)6-11(3,7-12)9(2)13/h8-10,13H,4-7,12H2,1-3H3. The van der Waals surface area contributed by atoms with Crippen LogP contribution in [0.5, 0.6) is 0 Å². The van der Waals surface area contributed by atoms with Gasteiger partial charge in [-0.25, -0.2) is 0 Å². The van der Waals surface area contributed by atoms with Crippen LogP contribution in [0.2, 0.25) is 0 Å². The Morgan fingerprint density at radius 1 is 1.57 bits per heavy atom. The van der Waals surface area contributed by atoms with Gasteiger partial charge in [-0.3, -0.25) is 0 Å². The lowest BCUT2D eigenvalue weighted by atomic mass is 9.79. The molecule has 1 aliphatic rings. The van der Waals surface area contributed by atoms with Crippen molar-refractivity contribution in [2.24, 2.45) is 11.1 Å². The van der Waals surface area contributed by atoms with E-state index in [2.05, 4.69) is 6.92 Å². The Hall–Kier alpha value is -0.120. The molecule has 0 saturated carbocycles. The lowest BCUT2D eigenvalue weighted by molar-refractivity contribution is -0.0150. The summed E-state index contributed by atoms with van der Waals surface area (Å²) in [6, 6.07) is 0. The molecule has 1 aliphatic heterocycles. The van der Waals surface area contributed by atoms with Crippen LogP contribution in [0.1, 0.15) is 40.0 Å². The minimum absolute atomic E-state index is 0.200. The maximum atomic E-state index is 9.66. The minimum atomic E-state index is -0.369. The van der Waals surface area contributed by atoms with Crippen LogP contribution in [0, 0.1) is 5.41 Å². The molecule has 1 fully saturated rings. The number of aliphatic hydroxyl groups is 1. The van der Waals surface area contributed by atoms with Crippen LogP contribution in [0.25, 0.3) is 0 Å². The highest BCUT2D eigenvalue weighted by Gasteiger charge is 2.34. The Bertz CT molecular complexity index is 184. The van der Waals surface area contributed by atoms with Gasteiger partial charge in [-0.05, 0) is 33.1 Å². The molecule has 0 bridgehead atoms. The Morgan fingerprint density at radius 2 is 2.21 bits per heavy atom. The molecule has 4 atom stereocenters. The molecule has 3 heteroatoms. The summed E-state index contributed by atoms with van der Waals surface area (Å²) in [5.74, 6) is 0. The van der Waals surface area contributed by atoms with Gasteiger partial charge in [0.05, 0.1) is 18.3 Å². The van der Waals surface area contributed by atoms with Crippen molar-refractivity contribution >= 4 is 0 Å². The van der Waals surface area contributed by atoms with Gasteiger partial charge in [-0.2, -0.15) is 0 Å². The lowest BCUT2D eigenvalue weighted by Gasteiger charge is -2.33. The van der Waals surface area contributed by atoms with Gasteiger partial charge in [-0.1, -0.05) is 6.92 Å². The van der Waals surface area contributed by atoms with Gasteiger partial charge in [0, 0.05) is 12.0 Å². The number of rotatable bonds is 4. The fraction of sp³-hybridized carbons (Fsp3) is 1.00. The SMILES string of the molecule is CC1CCC(CC(C)(CN)C(C)O)O1. The van der Waals surface area contributed by atoms with E-state index in [1.54, 1.807) is 0 Å². The second-order valence-corrected chi connectivity index (χ2v) is 4.88. The largest absolute Gasteiger partial charge is 0.393 e.